The van der Waals surface area contributed by atoms with Gasteiger partial charge in [0.25, 0.3) is 17.4 Å². The molecule has 4 aromatic rings. The smallest absolute Gasteiger partial charge is 0.404 e. The highest BCUT2D eigenvalue weighted by molar-refractivity contribution is 7.99. The van der Waals surface area contributed by atoms with E-state index in [4.69, 9.17) is 15.5 Å². The highest BCUT2D eigenvalue weighted by Gasteiger charge is 2.46. The van der Waals surface area contributed by atoms with Crippen LogP contribution in [0.2, 0.25) is 0 Å². The van der Waals surface area contributed by atoms with Crippen molar-refractivity contribution in [3.63, 3.8) is 0 Å². The Bertz CT molecular complexity index is 3270. The van der Waals surface area contributed by atoms with Crippen molar-refractivity contribution in [1.82, 2.24) is 41.0 Å². The van der Waals surface area contributed by atoms with Crippen molar-refractivity contribution in [2.75, 3.05) is 44.9 Å². The minimum Gasteiger partial charge on any atom is -0.458 e. The van der Waals surface area contributed by atoms with Gasteiger partial charge in [-0.2, -0.15) is 4.58 Å². The molecule has 2 aromatic heterocycles. The molecule has 416 valence electrons. The molecule has 22 nitrogen and oxygen atoms in total. The summed E-state index contributed by atoms with van der Waals surface area (Å²) in [6.45, 7) is 2.03. The quantitative estimate of drug-likeness (QED) is 0.0117. The Labute approximate surface area is 457 Å². The van der Waals surface area contributed by atoms with E-state index < -0.39 is 96.0 Å². The molecule has 2 aromatic carbocycles. The summed E-state index contributed by atoms with van der Waals surface area (Å²) in [6, 6.07) is 9.64. The number of imide groups is 1. The minimum absolute atomic E-state index is 0.0342. The lowest BCUT2D eigenvalue weighted by atomic mass is 9.78. The number of likely N-dealkylation sites (N-methyl/N-ethyl adjacent to an activating group) is 1. The van der Waals surface area contributed by atoms with Crippen LogP contribution >= 0.6 is 11.8 Å². The number of rotatable bonds is 23. The predicted molar refractivity (Wildman–Crippen MR) is 286 cm³/mol. The number of fused-ring (bicyclic) bond motifs is 5. The zero-order valence-corrected chi connectivity index (χ0v) is 44.7. The maximum absolute atomic E-state index is 15.5. The Hall–Kier alpha value is -7.96. The molecule has 0 saturated heterocycles. The van der Waals surface area contributed by atoms with Gasteiger partial charge in [-0.15, -0.1) is 11.8 Å². The van der Waals surface area contributed by atoms with Crippen LogP contribution in [0, 0.1) is 12.7 Å². The second-order valence-electron chi connectivity index (χ2n) is 19.8. The van der Waals surface area contributed by atoms with Gasteiger partial charge in [-0.1, -0.05) is 43.7 Å². The first kappa shape index (κ1) is 57.2. The third-order valence-corrected chi connectivity index (χ3v) is 15.5. The topological polar surface area (TPSA) is 310 Å². The van der Waals surface area contributed by atoms with E-state index in [1.807, 2.05) is 0 Å². The number of nitrogens with zero attached hydrogens (tertiary/aromatic N) is 4. The second-order valence-corrected chi connectivity index (χ2v) is 20.9. The van der Waals surface area contributed by atoms with Crippen molar-refractivity contribution < 1.29 is 62.0 Å². The van der Waals surface area contributed by atoms with Crippen molar-refractivity contribution in [2.24, 2.45) is 5.73 Å². The van der Waals surface area contributed by atoms with Crippen LogP contribution in [0.15, 0.2) is 59.4 Å². The van der Waals surface area contributed by atoms with Crippen molar-refractivity contribution in [2.45, 2.75) is 102 Å². The number of aryl methyl sites for hydroxylation is 1. The molecule has 0 spiro atoms. The van der Waals surface area contributed by atoms with Crippen LogP contribution in [-0.2, 0) is 79.5 Å². The number of carbonyl (C=O) groups is 9. The molecule has 0 fully saturated rings. The highest BCUT2D eigenvalue weighted by Crippen LogP contribution is 2.46. The zero-order chi connectivity index (χ0) is 56.7. The van der Waals surface area contributed by atoms with Crippen LogP contribution < -0.4 is 37.9 Å². The molecule has 8 N–H and O–H groups in total. The van der Waals surface area contributed by atoms with Crippen molar-refractivity contribution in [1.29, 1.82) is 0 Å². The van der Waals surface area contributed by atoms with Crippen molar-refractivity contribution in [3.05, 3.63) is 110 Å². The third kappa shape index (κ3) is 12.7. The number of halogens is 1. The monoisotopic (exact) mass is 1110 g/mol. The first-order valence-electron chi connectivity index (χ1n) is 26.0. The Morgan fingerprint density at radius 1 is 0.924 bits per heavy atom. The summed E-state index contributed by atoms with van der Waals surface area (Å²) >= 11 is 1.17. The number of benzene rings is 2. The number of esters is 1. The average Bonchev–Trinajstić information content (AvgIpc) is 3.43. The van der Waals surface area contributed by atoms with E-state index in [9.17, 15) is 53.1 Å². The van der Waals surface area contributed by atoms with Gasteiger partial charge in [0.2, 0.25) is 29.5 Å². The second kappa shape index (κ2) is 24.8. The van der Waals surface area contributed by atoms with E-state index in [0.717, 1.165) is 21.4 Å². The lowest BCUT2D eigenvalue weighted by Gasteiger charge is -2.31. The number of carbonyl (C=O) groups excluding carboxylic acids is 9. The summed E-state index contributed by atoms with van der Waals surface area (Å²) in [5.74, 6) is -5.67. The molecular formula is C55H62FN10O12S+. The summed E-state index contributed by atoms with van der Waals surface area (Å²) in [4.78, 5) is 134. The fourth-order valence-corrected chi connectivity index (χ4v) is 11.1. The molecule has 79 heavy (non-hydrogen) atoms. The molecule has 5 heterocycles. The van der Waals surface area contributed by atoms with Gasteiger partial charge >= 0.3 is 11.9 Å². The maximum atomic E-state index is 15.5. The molecule has 8 amide bonds. The van der Waals surface area contributed by atoms with Crippen LogP contribution in [0.5, 0.6) is 0 Å². The number of ether oxygens (including phenoxy) is 1. The maximum Gasteiger partial charge on any atom is 0.404 e. The van der Waals surface area contributed by atoms with Crippen molar-refractivity contribution in [3.8, 4) is 11.4 Å². The number of unbranched alkanes of at least 4 members (excludes halogenated alkanes) is 2. The molecular weight excluding hydrogens is 1040 g/mol. The van der Waals surface area contributed by atoms with Gasteiger partial charge in [0.05, 0.1) is 60.4 Å². The van der Waals surface area contributed by atoms with Gasteiger partial charge in [0.1, 0.15) is 31.6 Å². The molecule has 4 atom stereocenters. The van der Waals surface area contributed by atoms with Gasteiger partial charge in [0, 0.05) is 59.9 Å². The average molecular weight is 1110 g/mol. The number of nitrogens with one attached hydrogen (secondary N) is 5. The standard InChI is InChI=1S/C55H61FN10O12S/c1-4-55(77)36-20-41-50-34(26-66(41)52(74)35(36)27-78-54(55)76)48-32(14-15-33-30(2)37(56)21-39(63-50)49(33)48)25-64(3)53(75)38(57)28-79-29-61-44(69)23-60-51(73)40(19-31-11-7-5-8-12-31)62-45(70)24-59-43(68)22-58-42(67)13-9-6-10-18-65-46(71)16-17-47(65)72/h5,7-8,11-12,16-17,20-21,25,32,38,40,77H,4,6,9-10,13-15,18-19,22-24,26-29,57H2,1-3H3,(H4-,58,59,60,61,62,67,68,69,70,73)/p+1/b64-25+/t32?,38-,40-,55-/m0/s1. The van der Waals surface area contributed by atoms with Crippen LogP contribution in [-0.4, -0.2) is 141 Å². The molecule has 4 aliphatic rings. The third-order valence-electron chi connectivity index (χ3n) is 14.6. The number of cyclic esters (lactones) is 1. The summed E-state index contributed by atoms with van der Waals surface area (Å²) < 4.78 is 23.6. The molecule has 0 radical (unpaired) electrons. The minimum atomic E-state index is -2.04. The highest BCUT2D eigenvalue weighted by atomic mass is 32.2. The Kier molecular flexibility index (Phi) is 18.0. The van der Waals surface area contributed by atoms with Crippen LogP contribution in [0.4, 0.5) is 4.39 Å². The van der Waals surface area contributed by atoms with Crippen LogP contribution in [0.3, 0.4) is 0 Å². The van der Waals surface area contributed by atoms with E-state index in [1.165, 1.54) is 39.1 Å². The largest absolute Gasteiger partial charge is 0.458 e. The number of amides is 8. The van der Waals surface area contributed by atoms with Gasteiger partial charge in [-0.05, 0) is 67.3 Å². The number of aliphatic hydroxyl groups is 1. The number of nitrogens with two attached hydrogens (primary N) is 1. The normalized spacial score (nSPS) is 17.8. The Morgan fingerprint density at radius 2 is 1.62 bits per heavy atom. The number of thioether (sulfide) groups is 1. The van der Waals surface area contributed by atoms with Gasteiger partial charge < -0.3 is 46.7 Å². The number of hydrogen-bond acceptors (Lipinski definition) is 15. The van der Waals surface area contributed by atoms with E-state index in [1.54, 1.807) is 63.5 Å². The van der Waals surface area contributed by atoms with E-state index >= 15 is 4.39 Å². The molecule has 24 heteroatoms. The summed E-state index contributed by atoms with van der Waals surface area (Å²) in [7, 11) is 1.59. The summed E-state index contributed by atoms with van der Waals surface area (Å²) in [6.07, 6.45) is 6.85. The van der Waals surface area contributed by atoms with Crippen LogP contribution in [0.1, 0.15) is 90.3 Å². The Morgan fingerprint density at radius 3 is 2.35 bits per heavy atom. The molecule has 1 unspecified atom stereocenters. The molecule has 1 aliphatic carbocycles. The fraction of sp³-hybridized carbons (Fsp3) is 0.418. The molecule has 0 bridgehead atoms. The van der Waals surface area contributed by atoms with E-state index in [-0.39, 0.29) is 73.5 Å². The van der Waals surface area contributed by atoms with Crippen molar-refractivity contribution >= 4 is 82.1 Å². The Balaban J connectivity index is 0.812. The van der Waals surface area contributed by atoms with E-state index in [2.05, 4.69) is 26.6 Å². The zero-order valence-electron chi connectivity index (χ0n) is 43.9. The first-order valence-corrected chi connectivity index (χ1v) is 27.2. The molecule has 8 rings (SSSR count). The lowest BCUT2D eigenvalue weighted by Crippen LogP contribution is -2.52. The number of hydrogen-bond donors (Lipinski definition) is 7. The SMILES string of the molecule is CC[C@@]1(O)C(=O)OCc2c1cc1n(c2=O)Cc2c-1nc1cc(F)c(C)c3c1c2C(/C=[N+](\C)C(=O)[C@@H](N)CSCNC(=O)CNC(=O)[C@H](Cc1ccccc1)NC(=O)CNC(=O)CNC(=O)CCCCCN1C(=O)C=CC1=O)CC3. The molecule has 3 aliphatic heterocycles. The van der Waals surface area contributed by atoms with Crippen LogP contribution in [0.25, 0.3) is 22.3 Å². The lowest BCUT2D eigenvalue weighted by molar-refractivity contribution is -0.416. The van der Waals surface area contributed by atoms with E-state index in [0.29, 0.717) is 65.7 Å². The fourth-order valence-electron chi connectivity index (χ4n) is 10.3. The molecule has 0 saturated carbocycles. The van der Waals surface area contributed by atoms with Gasteiger partial charge in [-0.3, -0.25) is 43.3 Å². The summed E-state index contributed by atoms with van der Waals surface area (Å²) in [5.41, 5.74) is 8.84. The van der Waals surface area contributed by atoms with Gasteiger partial charge in [-0.25, -0.2) is 19.0 Å². The van der Waals surface area contributed by atoms with Gasteiger partial charge in [0.15, 0.2) is 11.8 Å². The predicted octanol–water partition coefficient (Wildman–Crippen LogP) is 0.492. The first-order chi connectivity index (χ1) is 37.8. The number of aromatic nitrogens is 2. The number of pyridine rings is 2. The summed E-state index contributed by atoms with van der Waals surface area (Å²) in [5, 5.41) is 24.8.